The first-order valence-electron chi connectivity index (χ1n) is 10.1. The van der Waals surface area contributed by atoms with Gasteiger partial charge in [-0.05, 0) is 33.6 Å². The molecule has 1 rings (SSSR count). The summed E-state index contributed by atoms with van der Waals surface area (Å²) in [7, 11) is 0. The van der Waals surface area contributed by atoms with E-state index in [1.165, 1.54) is 0 Å². The Kier molecular flexibility index (Phi) is 10.2. The molecule has 2 unspecified atom stereocenters. The molecular weight excluding hydrogens is 412 g/mol. The van der Waals surface area contributed by atoms with Crippen molar-refractivity contribution >= 4 is 29.8 Å². The lowest BCUT2D eigenvalue weighted by molar-refractivity contribution is -0.157. The number of carboxylic acids is 2. The molecule has 0 spiro atoms. The molecular formula is C19H32N4O8. The summed E-state index contributed by atoms with van der Waals surface area (Å²) in [5.74, 6) is -3.53. The second kappa shape index (κ2) is 12.1. The lowest BCUT2D eigenvalue weighted by Crippen LogP contribution is -2.52. The van der Waals surface area contributed by atoms with E-state index in [0.717, 1.165) is 0 Å². The molecule has 0 radical (unpaired) electrons. The van der Waals surface area contributed by atoms with Gasteiger partial charge in [0.1, 0.15) is 17.7 Å². The quantitative estimate of drug-likeness (QED) is 0.279. The largest absolute Gasteiger partial charge is 0.481 e. The van der Waals surface area contributed by atoms with E-state index >= 15 is 0 Å². The lowest BCUT2D eigenvalue weighted by atomic mass is 10.1. The number of piperazine rings is 1. The molecule has 12 nitrogen and oxygen atoms in total. The molecule has 176 valence electrons. The number of hydrogen-bond acceptors (Lipinski definition) is 7. The normalized spacial score (nSPS) is 16.0. The van der Waals surface area contributed by atoms with Gasteiger partial charge in [-0.15, -0.1) is 0 Å². The van der Waals surface area contributed by atoms with E-state index in [-0.39, 0.29) is 25.2 Å². The number of carbonyl (C=O) groups excluding carboxylic acids is 3. The summed E-state index contributed by atoms with van der Waals surface area (Å²) in [6, 6.07) is -3.60. The van der Waals surface area contributed by atoms with E-state index in [9.17, 15) is 24.0 Å². The molecule has 2 atom stereocenters. The summed E-state index contributed by atoms with van der Waals surface area (Å²) in [5, 5.41) is 25.5. The minimum atomic E-state index is -1.45. The standard InChI is InChI=1S/C19H32N4O8/c1-19(2,3)31-17(29)13(4-6-14(24)23-10-8-20-9-11-23)22-18(30)21-12(16(27)28)5-7-15(25)26/h12-13,20H,4-11H2,1-3H3,(H,25,26)(H,27,28)(H2,21,22,30). The number of aliphatic carboxylic acids is 2. The van der Waals surface area contributed by atoms with Crippen molar-refractivity contribution in [1.82, 2.24) is 20.9 Å². The van der Waals surface area contributed by atoms with Gasteiger partial charge >= 0.3 is 23.9 Å². The maximum atomic E-state index is 12.5. The molecule has 1 fully saturated rings. The number of amides is 3. The van der Waals surface area contributed by atoms with Gasteiger partial charge in [-0.1, -0.05) is 0 Å². The fourth-order valence-electron chi connectivity index (χ4n) is 2.85. The van der Waals surface area contributed by atoms with E-state index in [1.807, 2.05) is 0 Å². The zero-order valence-electron chi connectivity index (χ0n) is 18.1. The number of urea groups is 1. The smallest absolute Gasteiger partial charge is 0.329 e. The summed E-state index contributed by atoms with van der Waals surface area (Å²) >= 11 is 0. The summed E-state index contributed by atoms with van der Waals surface area (Å²) in [6.45, 7) is 7.41. The molecule has 0 aliphatic carbocycles. The van der Waals surface area contributed by atoms with Crippen molar-refractivity contribution in [2.75, 3.05) is 26.2 Å². The summed E-state index contributed by atoms with van der Waals surface area (Å²) in [5.41, 5.74) is -0.832. The maximum Gasteiger partial charge on any atom is 0.329 e. The molecule has 5 N–H and O–H groups in total. The van der Waals surface area contributed by atoms with Crippen LogP contribution in [0.2, 0.25) is 0 Å². The van der Waals surface area contributed by atoms with Crippen molar-refractivity contribution in [2.45, 2.75) is 64.1 Å². The Balaban J connectivity index is 2.76. The van der Waals surface area contributed by atoms with Gasteiger partial charge in [-0.25, -0.2) is 14.4 Å². The average Bonchev–Trinajstić information content (AvgIpc) is 2.66. The van der Waals surface area contributed by atoms with Crippen LogP contribution in [0.25, 0.3) is 0 Å². The molecule has 1 heterocycles. The summed E-state index contributed by atoms with van der Waals surface area (Å²) < 4.78 is 5.30. The fourth-order valence-corrected chi connectivity index (χ4v) is 2.85. The third kappa shape index (κ3) is 10.6. The number of hydrogen-bond donors (Lipinski definition) is 5. The van der Waals surface area contributed by atoms with Crippen molar-refractivity contribution < 1.29 is 38.9 Å². The highest BCUT2D eigenvalue weighted by Gasteiger charge is 2.30. The second-order valence-corrected chi connectivity index (χ2v) is 8.20. The number of rotatable bonds is 10. The second-order valence-electron chi connectivity index (χ2n) is 8.20. The minimum absolute atomic E-state index is 0.00837. The molecule has 0 saturated carbocycles. The Morgan fingerprint density at radius 2 is 1.52 bits per heavy atom. The van der Waals surface area contributed by atoms with Crippen molar-refractivity contribution in [1.29, 1.82) is 0 Å². The zero-order valence-corrected chi connectivity index (χ0v) is 18.1. The van der Waals surface area contributed by atoms with Crippen LogP contribution in [0.5, 0.6) is 0 Å². The molecule has 1 aliphatic heterocycles. The number of carbonyl (C=O) groups is 5. The monoisotopic (exact) mass is 444 g/mol. The van der Waals surface area contributed by atoms with Crippen molar-refractivity contribution in [3.63, 3.8) is 0 Å². The van der Waals surface area contributed by atoms with E-state index < -0.39 is 48.0 Å². The molecule has 1 saturated heterocycles. The van der Waals surface area contributed by atoms with Gasteiger partial charge in [-0.3, -0.25) is 9.59 Å². The fraction of sp³-hybridized carbons (Fsp3) is 0.737. The number of carboxylic acid groups (broad SMARTS) is 2. The molecule has 0 aromatic heterocycles. The van der Waals surface area contributed by atoms with Crippen molar-refractivity contribution in [3.8, 4) is 0 Å². The van der Waals surface area contributed by atoms with Crippen LogP contribution >= 0.6 is 0 Å². The van der Waals surface area contributed by atoms with Crippen LogP contribution in [0, 0.1) is 0 Å². The SMILES string of the molecule is CC(C)(C)OC(=O)C(CCC(=O)N1CCNCC1)NC(=O)NC(CCC(=O)O)C(=O)O. The van der Waals surface area contributed by atoms with Crippen LogP contribution in [-0.2, 0) is 23.9 Å². The molecule has 12 heteroatoms. The van der Waals surface area contributed by atoms with Gasteiger partial charge in [0.15, 0.2) is 0 Å². The number of nitrogens with zero attached hydrogens (tertiary/aromatic N) is 1. The highest BCUT2D eigenvalue weighted by atomic mass is 16.6. The maximum absolute atomic E-state index is 12.5. The van der Waals surface area contributed by atoms with E-state index in [0.29, 0.717) is 26.2 Å². The predicted molar refractivity (Wildman–Crippen MR) is 108 cm³/mol. The third-order valence-corrected chi connectivity index (χ3v) is 4.36. The zero-order chi connectivity index (χ0) is 23.6. The van der Waals surface area contributed by atoms with Crippen LogP contribution in [0.1, 0.15) is 46.5 Å². The molecule has 3 amide bonds. The molecule has 0 aromatic rings. The number of ether oxygens (including phenoxy) is 1. The van der Waals surface area contributed by atoms with Gasteiger partial charge in [0.05, 0.1) is 0 Å². The minimum Gasteiger partial charge on any atom is -0.481 e. The highest BCUT2D eigenvalue weighted by Crippen LogP contribution is 2.12. The predicted octanol–water partition coefficient (Wildman–Crippen LogP) is -0.474. The van der Waals surface area contributed by atoms with E-state index in [2.05, 4.69) is 16.0 Å². The Labute approximate surface area is 180 Å². The highest BCUT2D eigenvalue weighted by molar-refractivity contribution is 5.87. The summed E-state index contributed by atoms with van der Waals surface area (Å²) in [6.07, 6.45) is -0.813. The third-order valence-electron chi connectivity index (χ3n) is 4.36. The first kappa shape index (κ1) is 26.1. The first-order valence-corrected chi connectivity index (χ1v) is 10.1. The van der Waals surface area contributed by atoms with E-state index in [1.54, 1.807) is 25.7 Å². The molecule has 31 heavy (non-hydrogen) atoms. The van der Waals surface area contributed by atoms with Crippen LogP contribution in [0.3, 0.4) is 0 Å². The first-order chi connectivity index (χ1) is 14.4. The lowest BCUT2D eigenvalue weighted by Gasteiger charge is -2.29. The number of nitrogens with one attached hydrogen (secondary N) is 3. The van der Waals surface area contributed by atoms with Gasteiger partial charge < -0.3 is 35.8 Å². The van der Waals surface area contributed by atoms with Crippen molar-refractivity contribution in [2.24, 2.45) is 0 Å². The van der Waals surface area contributed by atoms with Crippen molar-refractivity contribution in [3.05, 3.63) is 0 Å². The van der Waals surface area contributed by atoms with Crippen LogP contribution in [0.4, 0.5) is 4.79 Å². The Morgan fingerprint density at radius 1 is 0.968 bits per heavy atom. The van der Waals surface area contributed by atoms with Crippen LogP contribution < -0.4 is 16.0 Å². The van der Waals surface area contributed by atoms with Crippen LogP contribution in [-0.4, -0.2) is 88.8 Å². The summed E-state index contributed by atoms with van der Waals surface area (Å²) in [4.78, 5) is 60.8. The van der Waals surface area contributed by atoms with Gasteiger partial charge in [-0.2, -0.15) is 0 Å². The Morgan fingerprint density at radius 3 is 2.03 bits per heavy atom. The Bertz CT molecular complexity index is 670. The number of esters is 1. The van der Waals surface area contributed by atoms with Crippen LogP contribution in [0.15, 0.2) is 0 Å². The van der Waals surface area contributed by atoms with Gasteiger partial charge in [0, 0.05) is 39.0 Å². The average molecular weight is 444 g/mol. The molecule has 0 aromatic carbocycles. The molecule has 0 bridgehead atoms. The van der Waals surface area contributed by atoms with E-state index in [4.69, 9.17) is 14.9 Å². The molecule has 1 aliphatic rings. The van der Waals surface area contributed by atoms with Gasteiger partial charge in [0.25, 0.3) is 0 Å². The topological polar surface area (TPSA) is 174 Å². The Hall–Kier alpha value is -2.89. The van der Waals surface area contributed by atoms with Gasteiger partial charge in [0.2, 0.25) is 5.91 Å².